The van der Waals surface area contributed by atoms with Crippen LogP contribution in [0.25, 0.3) is 0 Å². The molecule has 0 amide bonds. The Labute approximate surface area is 90.8 Å². The van der Waals surface area contributed by atoms with E-state index in [0.29, 0.717) is 0 Å². The van der Waals surface area contributed by atoms with Crippen LogP contribution in [0.4, 0.5) is 0 Å². The van der Waals surface area contributed by atoms with Crippen LogP contribution in [0, 0.1) is 0 Å². The number of benzene rings is 1. The third-order valence-corrected chi connectivity index (χ3v) is 3.59. The SMILES string of the molecule is O=C(Sc1ccccc1)c1cccs1. The van der Waals surface area contributed by atoms with Crippen molar-refractivity contribution in [3.63, 3.8) is 0 Å². The molecule has 2 aromatic rings. The molecule has 0 aliphatic carbocycles. The molecule has 1 aromatic heterocycles. The van der Waals surface area contributed by atoms with Crippen LogP contribution >= 0.6 is 23.1 Å². The van der Waals surface area contributed by atoms with Gasteiger partial charge < -0.3 is 0 Å². The molecule has 0 aliphatic heterocycles. The number of rotatable bonds is 2. The molecule has 14 heavy (non-hydrogen) atoms. The fraction of sp³-hybridized carbons (Fsp3) is 0. The lowest BCUT2D eigenvalue weighted by molar-refractivity contribution is 0.109. The molecule has 0 radical (unpaired) electrons. The van der Waals surface area contributed by atoms with Crippen LogP contribution in [0.2, 0.25) is 0 Å². The highest BCUT2D eigenvalue weighted by Crippen LogP contribution is 2.24. The second-order valence-electron chi connectivity index (χ2n) is 2.68. The van der Waals surface area contributed by atoms with E-state index in [1.165, 1.54) is 23.1 Å². The van der Waals surface area contributed by atoms with Crippen molar-refractivity contribution in [2.45, 2.75) is 4.90 Å². The summed E-state index contributed by atoms with van der Waals surface area (Å²) < 4.78 is 0. The van der Waals surface area contributed by atoms with E-state index in [-0.39, 0.29) is 5.12 Å². The lowest BCUT2D eigenvalue weighted by Crippen LogP contribution is -1.87. The molecule has 3 heteroatoms. The van der Waals surface area contributed by atoms with E-state index in [1.807, 2.05) is 47.8 Å². The summed E-state index contributed by atoms with van der Waals surface area (Å²) in [4.78, 5) is 13.4. The van der Waals surface area contributed by atoms with Crippen molar-refractivity contribution in [2.75, 3.05) is 0 Å². The van der Waals surface area contributed by atoms with Gasteiger partial charge >= 0.3 is 0 Å². The molecule has 0 saturated heterocycles. The minimum absolute atomic E-state index is 0.117. The maximum absolute atomic E-state index is 11.6. The van der Waals surface area contributed by atoms with E-state index in [2.05, 4.69) is 0 Å². The zero-order valence-electron chi connectivity index (χ0n) is 7.34. The predicted octanol–water partition coefficient (Wildman–Crippen LogP) is 3.68. The smallest absolute Gasteiger partial charge is 0.234 e. The van der Waals surface area contributed by atoms with Gasteiger partial charge in [-0.1, -0.05) is 24.3 Å². The van der Waals surface area contributed by atoms with Gasteiger partial charge in [-0.05, 0) is 35.3 Å². The number of hydrogen-bond acceptors (Lipinski definition) is 3. The standard InChI is InChI=1S/C11H8OS2/c12-11(10-7-4-8-13-10)14-9-5-2-1-3-6-9/h1-8H. The molecule has 2 rings (SSSR count). The number of thioether (sulfide) groups is 1. The van der Waals surface area contributed by atoms with Gasteiger partial charge in [0.05, 0.1) is 4.88 Å². The predicted molar refractivity (Wildman–Crippen MR) is 60.9 cm³/mol. The van der Waals surface area contributed by atoms with Gasteiger partial charge in [-0.25, -0.2) is 0 Å². The summed E-state index contributed by atoms with van der Waals surface area (Å²) in [6.07, 6.45) is 0. The van der Waals surface area contributed by atoms with E-state index in [4.69, 9.17) is 0 Å². The van der Waals surface area contributed by atoms with Crippen LogP contribution in [0.15, 0.2) is 52.7 Å². The lowest BCUT2D eigenvalue weighted by atomic mass is 10.4. The largest absolute Gasteiger partial charge is 0.280 e. The van der Waals surface area contributed by atoms with Crippen LogP contribution in [0.3, 0.4) is 0 Å². The fourth-order valence-electron chi connectivity index (χ4n) is 1.04. The van der Waals surface area contributed by atoms with Crippen molar-refractivity contribution in [2.24, 2.45) is 0 Å². The Hall–Kier alpha value is -1.06. The molecule has 1 nitrogen and oxygen atoms in total. The van der Waals surface area contributed by atoms with Gasteiger partial charge in [0.2, 0.25) is 5.12 Å². The minimum Gasteiger partial charge on any atom is -0.280 e. The van der Waals surface area contributed by atoms with Gasteiger partial charge in [-0.15, -0.1) is 11.3 Å². The molecular weight excluding hydrogens is 212 g/mol. The van der Waals surface area contributed by atoms with Crippen molar-refractivity contribution in [3.05, 3.63) is 52.7 Å². The van der Waals surface area contributed by atoms with E-state index in [9.17, 15) is 4.79 Å². The normalized spacial score (nSPS) is 10.0. The molecule has 0 N–H and O–H groups in total. The van der Waals surface area contributed by atoms with Gasteiger partial charge in [0.15, 0.2) is 0 Å². The third-order valence-electron chi connectivity index (χ3n) is 1.68. The number of carbonyl (C=O) groups is 1. The van der Waals surface area contributed by atoms with E-state index >= 15 is 0 Å². The van der Waals surface area contributed by atoms with Crippen LogP contribution in [0.5, 0.6) is 0 Å². The number of thiophene rings is 1. The highest BCUT2D eigenvalue weighted by atomic mass is 32.2. The highest BCUT2D eigenvalue weighted by molar-refractivity contribution is 8.14. The molecule has 70 valence electrons. The van der Waals surface area contributed by atoms with E-state index < -0.39 is 0 Å². The van der Waals surface area contributed by atoms with Gasteiger partial charge in [-0.3, -0.25) is 4.79 Å². The Balaban J connectivity index is 2.10. The van der Waals surface area contributed by atoms with Crippen molar-refractivity contribution >= 4 is 28.2 Å². The Morgan fingerprint density at radius 2 is 1.86 bits per heavy atom. The Morgan fingerprint density at radius 1 is 1.07 bits per heavy atom. The maximum Gasteiger partial charge on any atom is 0.234 e. The molecular formula is C11H8OS2. The Kier molecular flexibility index (Phi) is 3.01. The molecule has 0 bridgehead atoms. The highest BCUT2D eigenvalue weighted by Gasteiger charge is 2.07. The summed E-state index contributed by atoms with van der Waals surface area (Å²) in [5.41, 5.74) is 0. The minimum atomic E-state index is 0.117. The summed E-state index contributed by atoms with van der Waals surface area (Å²) in [5, 5.41) is 2.03. The number of hydrogen-bond donors (Lipinski definition) is 0. The quantitative estimate of drug-likeness (QED) is 0.718. The summed E-state index contributed by atoms with van der Waals surface area (Å²) in [5.74, 6) is 0. The first-order valence-electron chi connectivity index (χ1n) is 4.17. The molecule has 0 aliphatic rings. The summed E-state index contributed by atoms with van der Waals surface area (Å²) >= 11 is 2.75. The lowest BCUT2D eigenvalue weighted by Gasteiger charge is -1.96. The van der Waals surface area contributed by atoms with E-state index in [1.54, 1.807) is 0 Å². The van der Waals surface area contributed by atoms with Crippen LogP contribution in [-0.4, -0.2) is 5.12 Å². The van der Waals surface area contributed by atoms with Crippen molar-refractivity contribution < 1.29 is 4.79 Å². The molecule has 0 saturated carbocycles. The van der Waals surface area contributed by atoms with Gasteiger partial charge in [0.1, 0.15) is 0 Å². The fourth-order valence-corrected chi connectivity index (χ4v) is 2.54. The topological polar surface area (TPSA) is 17.1 Å². The second kappa shape index (κ2) is 4.44. The monoisotopic (exact) mass is 220 g/mol. The first-order valence-corrected chi connectivity index (χ1v) is 5.86. The molecule has 0 unspecified atom stereocenters. The number of carbonyl (C=O) groups excluding carboxylic acids is 1. The average molecular weight is 220 g/mol. The second-order valence-corrected chi connectivity index (χ2v) is 4.67. The zero-order valence-corrected chi connectivity index (χ0v) is 8.98. The van der Waals surface area contributed by atoms with Crippen LogP contribution in [-0.2, 0) is 0 Å². The average Bonchev–Trinajstić information content (AvgIpc) is 2.72. The molecule has 0 atom stereocenters. The zero-order chi connectivity index (χ0) is 9.80. The van der Waals surface area contributed by atoms with E-state index in [0.717, 1.165) is 9.77 Å². The molecule has 0 fully saturated rings. The van der Waals surface area contributed by atoms with Gasteiger partial charge in [0, 0.05) is 4.90 Å². The summed E-state index contributed by atoms with van der Waals surface area (Å²) in [6, 6.07) is 13.4. The van der Waals surface area contributed by atoms with Crippen molar-refractivity contribution in [1.82, 2.24) is 0 Å². The third kappa shape index (κ3) is 2.25. The Bertz CT molecular complexity index is 406. The first-order chi connectivity index (χ1) is 6.86. The Morgan fingerprint density at radius 3 is 2.50 bits per heavy atom. The first kappa shape index (κ1) is 9.49. The van der Waals surface area contributed by atoms with Crippen LogP contribution < -0.4 is 0 Å². The summed E-state index contributed by atoms with van der Waals surface area (Å²) in [7, 11) is 0. The van der Waals surface area contributed by atoms with Crippen molar-refractivity contribution in [3.8, 4) is 0 Å². The summed E-state index contributed by atoms with van der Waals surface area (Å²) in [6.45, 7) is 0. The molecule has 0 spiro atoms. The molecule has 1 aromatic carbocycles. The van der Waals surface area contributed by atoms with Gasteiger partial charge in [-0.2, -0.15) is 0 Å². The van der Waals surface area contributed by atoms with Crippen molar-refractivity contribution in [1.29, 1.82) is 0 Å². The molecule has 1 heterocycles. The maximum atomic E-state index is 11.6. The van der Waals surface area contributed by atoms with Crippen LogP contribution in [0.1, 0.15) is 9.67 Å². The van der Waals surface area contributed by atoms with Gasteiger partial charge in [0.25, 0.3) is 0 Å².